The van der Waals surface area contributed by atoms with E-state index in [1.165, 1.54) is 70.6 Å². The van der Waals surface area contributed by atoms with Gasteiger partial charge in [0.05, 0.1) is 44.0 Å². The Kier molecular flexibility index (Phi) is 25.9. The van der Waals surface area contributed by atoms with Gasteiger partial charge in [-0.2, -0.15) is 0 Å². The van der Waals surface area contributed by atoms with Gasteiger partial charge < -0.3 is 28.4 Å². The Morgan fingerprint density at radius 1 is 0.417 bits per heavy atom. The maximum Gasteiger partial charge on any atom is 0.309 e. The first-order valence-corrected chi connectivity index (χ1v) is 29.9. The molecule has 12 nitrogen and oxygen atoms in total. The molecule has 8 aliphatic carbocycles. The predicted molar refractivity (Wildman–Crippen MR) is 280 cm³/mol. The Morgan fingerprint density at radius 2 is 1.04 bits per heavy atom. The van der Waals surface area contributed by atoms with Crippen LogP contribution in [0.5, 0.6) is 0 Å². The van der Waals surface area contributed by atoms with E-state index in [0.29, 0.717) is 74.1 Å². The minimum atomic E-state index is -0.0602. The highest BCUT2D eigenvalue weighted by molar-refractivity contribution is 5.76. The van der Waals surface area contributed by atoms with Crippen molar-refractivity contribution in [3.8, 4) is 0 Å². The first-order valence-electron chi connectivity index (χ1n) is 29.9. The Balaban J connectivity index is 0.000000182. The van der Waals surface area contributed by atoms with Gasteiger partial charge in [-0.15, -0.1) is 0 Å². The third-order valence-electron chi connectivity index (χ3n) is 17.5. The predicted octanol–water partition coefficient (Wildman–Crippen LogP) is 13.2. The average Bonchev–Trinajstić information content (AvgIpc) is 4.28. The highest BCUT2D eigenvalue weighted by Crippen LogP contribution is 2.55. The fourth-order valence-electron chi connectivity index (χ4n) is 14.6. The second kappa shape index (κ2) is 30.4. The van der Waals surface area contributed by atoms with Gasteiger partial charge in [0, 0.05) is 30.1 Å². The van der Waals surface area contributed by atoms with E-state index < -0.39 is 0 Å². The molecule has 0 aromatic heterocycles. The molecule has 0 N–H and O–H groups in total. The van der Waals surface area contributed by atoms with Gasteiger partial charge in [-0.3, -0.25) is 28.8 Å². The van der Waals surface area contributed by atoms with Crippen molar-refractivity contribution in [1.82, 2.24) is 0 Å². The van der Waals surface area contributed by atoms with Crippen LogP contribution >= 0.6 is 0 Å². The maximum absolute atomic E-state index is 11.4. The Morgan fingerprint density at radius 3 is 1.62 bits per heavy atom. The average molecular weight is 1020 g/mol. The summed E-state index contributed by atoms with van der Waals surface area (Å²) in [6, 6.07) is 0. The molecule has 15 rings (SSSR count). The fraction of sp³-hybridized carbons (Fsp3) is 0.900. The number of hydrogen-bond acceptors (Lipinski definition) is 12. The summed E-state index contributed by atoms with van der Waals surface area (Å²) in [7, 11) is 0. The van der Waals surface area contributed by atoms with Crippen molar-refractivity contribution in [2.75, 3.05) is 19.8 Å². The highest BCUT2D eigenvalue weighted by Gasteiger charge is 2.55. The van der Waals surface area contributed by atoms with Crippen LogP contribution in [0.1, 0.15) is 224 Å². The highest BCUT2D eigenvalue weighted by atomic mass is 16.6. The number of rotatable bonds is 0. The van der Waals surface area contributed by atoms with E-state index in [1.54, 1.807) is 0 Å². The van der Waals surface area contributed by atoms with Crippen molar-refractivity contribution < 1.29 is 57.2 Å². The van der Waals surface area contributed by atoms with Crippen molar-refractivity contribution in [3.63, 3.8) is 0 Å². The van der Waals surface area contributed by atoms with Gasteiger partial charge in [-0.25, -0.2) is 0 Å². The van der Waals surface area contributed by atoms with Gasteiger partial charge in [0.1, 0.15) is 18.3 Å². The fourth-order valence-corrected chi connectivity index (χ4v) is 14.6. The van der Waals surface area contributed by atoms with Crippen LogP contribution in [0.15, 0.2) is 0 Å². The van der Waals surface area contributed by atoms with Gasteiger partial charge in [-0.05, 0) is 156 Å². The summed E-state index contributed by atoms with van der Waals surface area (Å²) in [5, 5.41) is 0. The molecule has 7 saturated heterocycles. The lowest BCUT2D eigenvalue weighted by Crippen LogP contribution is -2.36. The quantitative estimate of drug-likeness (QED) is 0.167. The lowest BCUT2D eigenvalue weighted by Gasteiger charge is -2.35. The zero-order chi connectivity index (χ0) is 53.1. The largest absolute Gasteiger partial charge is 0.465 e. The van der Waals surface area contributed by atoms with Crippen LogP contribution in [-0.2, 0) is 57.2 Å². The smallest absolute Gasteiger partial charge is 0.309 e. The first-order chi connectivity index (χ1) is 34.8. The molecule has 15 fully saturated rings. The van der Waals surface area contributed by atoms with Crippen molar-refractivity contribution in [2.45, 2.75) is 243 Å². The third kappa shape index (κ3) is 16.7. The number of carbonyl (C=O) groups excluding carboxylic acids is 6. The molecule has 15 aliphatic rings. The Labute approximate surface area is 436 Å². The molecule has 0 spiro atoms. The summed E-state index contributed by atoms with van der Waals surface area (Å²) in [6.45, 7) is 26.1. The van der Waals surface area contributed by atoms with E-state index in [1.807, 2.05) is 83.1 Å². The standard InChI is InChI=1S/C10H14O2.2C9H12O2.2C8H12O2.C6H10O2.5C2H6/c11-10-8-2-6-1-7(3-8)5-9(4-6)12-10;10-9-4-6-1-5-2-7(6)8(3-5)11-9;10-9-8-6-2-1-5(3-6)7(8)4-11-9;9-8-5-6-2-1-3-7(4-6)10-8;9-8-7-4-2-1-3-6(7)5-10-8;1-6(2)3-5(7)8-4-6;5*1-2/h6-9H,1-5H2;2*5-8H,1-4H2;2*6-7H,1-5H2;3-4H2,1-2H3;5*1-2H3. The Bertz CT molecular complexity index is 1650. The van der Waals surface area contributed by atoms with Gasteiger partial charge in [-0.1, -0.05) is 95.9 Å². The van der Waals surface area contributed by atoms with E-state index in [4.69, 9.17) is 28.4 Å². The molecule has 0 aromatic carbocycles. The molecule has 72 heavy (non-hydrogen) atoms. The van der Waals surface area contributed by atoms with Crippen molar-refractivity contribution in [2.24, 2.45) is 82.3 Å². The summed E-state index contributed by atoms with van der Waals surface area (Å²) < 4.78 is 30.5. The van der Waals surface area contributed by atoms with Crippen LogP contribution in [0.4, 0.5) is 0 Å². The van der Waals surface area contributed by atoms with Crippen LogP contribution < -0.4 is 0 Å². The molecule has 12 heteroatoms. The van der Waals surface area contributed by atoms with E-state index in [9.17, 15) is 28.8 Å². The van der Waals surface area contributed by atoms with Crippen molar-refractivity contribution in [1.29, 1.82) is 0 Å². The SMILES string of the molecule is CC.CC.CC.CC.CC.CC1(C)COC(=O)C1.O=C1CC2CC3CC(O1)C2C3.O=C1CC2CCCC(C2)O1.O=C1OC2CC3CC(C2)CC1C3.O=C1OCC2C3CCC(C3)C12.O=C1OCC2CCCCC12. The van der Waals surface area contributed by atoms with Crippen LogP contribution in [-0.4, -0.2) is 73.9 Å². The molecule has 414 valence electrons. The number of ether oxygens (including phenoxy) is 6. The lowest BCUT2D eigenvalue weighted by atomic mass is 9.68. The zero-order valence-electron chi connectivity index (χ0n) is 47.3. The van der Waals surface area contributed by atoms with E-state index >= 15 is 0 Å². The van der Waals surface area contributed by atoms with Crippen molar-refractivity contribution >= 4 is 35.8 Å². The summed E-state index contributed by atoms with van der Waals surface area (Å²) in [5.74, 6) is 8.44. The molecule has 0 aromatic rings. The van der Waals surface area contributed by atoms with E-state index in [2.05, 4.69) is 0 Å². The molecular weight excluding hydrogens is 913 g/mol. The molecule has 7 heterocycles. The minimum Gasteiger partial charge on any atom is -0.465 e. The number of cyclic esters (lactones) is 3. The lowest BCUT2D eigenvalue weighted by molar-refractivity contribution is -0.162. The van der Waals surface area contributed by atoms with Crippen LogP contribution in [0.3, 0.4) is 0 Å². The molecule has 0 radical (unpaired) electrons. The third-order valence-corrected chi connectivity index (χ3v) is 17.5. The normalized spacial score (nSPS) is 38.7. The molecule has 8 saturated carbocycles. The first kappa shape index (κ1) is 61.4. The molecule has 14 atom stereocenters. The van der Waals surface area contributed by atoms with Gasteiger partial charge in [0.25, 0.3) is 0 Å². The summed E-state index contributed by atoms with van der Waals surface area (Å²) in [4.78, 5) is 66.0. The number of hydrogen-bond donors (Lipinski definition) is 0. The van der Waals surface area contributed by atoms with E-state index in [0.717, 1.165) is 87.6 Å². The van der Waals surface area contributed by atoms with Crippen LogP contribution in [0.2, 0.25) is 0 Å². The van der Waals surface area contributed by atoms with Crippen LogP contribution in [0, 0.1) is 82.3 Å². The zero-order valence-corrected chi connectivity index (χ0v) is 47.3. The number of esters is 6. The molecular formula is C60H102O12. The molecule has 10 bridgehead atoms. The number of carbonyl (C=O) groups is 6. The molecule has 7 aliphatic heterocycles. The monoisotopic (exact) mass is 1010 g/mol. The summed E-state index contributed by atoms with van der Waals surface area (Å²) >= 11 is 0. The summed E-state index contributed by atoms with van der Waals surface area (Å²) in [5.41, 5.74) is 0.0943. The summed E-state index contributed by atoms with van der Waals surface area (Å²) in [6.07, 6.45) is 26.0. The molecule has 0 amide bonds. The number of fused-ring (bicyclic) bond motifs is 10. The second-order valence-electron chi connectivity index (χ2n) is 22.7. The Hall–Kier alpha value is -3.18. The van der Waals surface area contributed by atoms with Crippen LogP contribution in [0.25, 0.3) is 0 Å². The maximum atomic E-state index is 11.4. The molecule has 14 unspecified atom stereocenters. The van der Waals surface area contributed by atoms with Gasteiger partial charge in [0.15, 0.2) is 0 Å². The van der Waals surface area contributed by atoms with Crippen molar-refractivity contribution in [3.05, 3.63) is 0 Å². The van der Waals surface area contributed by atoms with E-state index in [-0.39, 0.29) is 65.3 Å². The van der Waals surface area contributed by atoms with Gasteiger partial charge in [0.2, 0.25) is 0 Å². The minimum absolute atomic E-state index is 0.0287. The topological polar surface area (TPSA) is 158 Å². The van der Waals surface area contributed by atoms with Gasteiger partial charge >= 0.3 is 35.8 Å². The second-order valence-corrected chi connectivity index (χ2v) is 22.7.